The Balaban J connectivity index is 4.54. The smallest absolute Gasteiger partial charge is 0.153 e. The number of hydrogen-bond acceptors (Lipinski definition) is 1. The van der Waals surface area contributed by atoms with E-state index in [1.807, 2.05) is 0 Å². The van der Waals surface area contributed by atoms with Crippen LogP contribution in [-0.4, -0.2) is 28.5 Å². The minimum atomic E-state index is -1.17. The van der Waals surface area contributed by atoms with E-state index in [1.165, 1.54) is 38.5 Å². The lowest BCUT2D eigenvalue weighted by atomic mass is 10.2. The van der Waals surface area contributed by atoms with E-state index in [-0.39, 0.29) is 0 Å². The first-order valence-corrected chi connectivity index (χ1v) is 13.3. The molecule has 0 radical (unpaired) electrons. The minimum Gasteiger partial charge on any atom is -0.344 e. The Morgan fingerprint density at radius 1 is 0.895 bits per heavy atom. The quantitative estimate of drug-likeness (QED) is 0.403. The zero-order chi connectivity index (χ0) is 14.7. The van der Waals surface area contributed by atoms with Crippen molar-refractivity contribution in [2.45, 2.75) is 72.0 Å². The largest absolute Gasteiger partial charge is 0.344 e. The summed E-state index contributed by atoms with van der Waals surface area (Å²) in [5.41, 5.74) is 5.08. The van der Waals surface area contributed by atoms with Gasteiger partial charge in [0.2, 0.25) is 0 Å². The van der Waals surface area contributed by atoms with Crippen molar-refractivity contribution >= 4 is 17.2 Å². The molecule has 0 aliphatic heterocycles. The van der Waals surface area contributed by atoms with Crippen molar-refractivity contribution in [1.29, 1.82) is 0 Å². The zero-order valence-electron chi connectivity index (χ0n) is 14.1. The van der Waals surface area contributed by atoms with Gasteiger partial charge in [0.05, 0.1) is 0 Å². The van der Waals surface area contributed by atoms with Gasteiger partial charge in [-0.2, -0.15) is 0 Å². The number of rotatable bonds is 10. The van der Waals surface area contributed by atoms with Crippen LogP contribution in [0.25, 0.3) is 0 Å². The maximum Gasteiger partial charge on any atom is 0.153 e. The van der Waals surface area contributed by atoms with Crippen LogP contribution in [-0.2, 0) is 0 Å². The molecular weight excluding hydrogens is 262 g/mol. The monoisotopic (exact) mass is 297 g/mol. The van der Waals surface area contributed by atoms with Crippen LogP contribution in [0, 0.1) is 0 Å². The van der Waals surface area contributed by atoms with Gasteiger partial charge in [-0.3, -0.25) is 0 Å². The lowest BCUT2D eigenvalue weighted by Crippen LogP contribution is -2.50. The van der Waals surface area contributed by atoms with Gasteiger partial charge in [-0.05, 0) is 19.9 Å². The van der Waals surface area contributed by atoms with E-state index in [0.29, 0.717) is 0 Å². The van der Waals surface area contributed by atoms with Gasteiger partial charge in [0, 0.05) is 0 Å². The van der Waals surface area contributed by atoms with Crippen molar-refractivity contribution in [3.63, 3.8) is 0 Å². The van der Waals surface area contributed by atoms with Gasteiger partial charge in [0.25, 0.3) is 0 Å². The van der Waals surface area contributed by atoms with E-state index in [4.69, 9.17) is 0 Å². The molecule has 0 unspecified atom stereocenters. The Kier molecular flexibility index (Phi) is 10.6. The highest BCUT2D eigenvalue weighted by atomic mass is 28.4. The van der Waals surface area contributed by atoms with E-state index < -0.39 is 17.2 Å². The Morgan fingerprint density at radius 2 is 1.32 bits per heavy atom. The van der Waals surface area contributed by atoms with Gasteiger partial charge in [-0.1, -0.05) is 82.7 Å². The summed E-state index contributed by atoms with van der Waals surface area (Å²) in [6.07, 6.45) is 12.6. The first kappa shape index (κ1) is 18.9. The van der Waals surface area contributed by atoms with Crippen molar-refractivity contribution < 1.29 is 0 Å². The maximum absolute atomic E-state index is 2.72. The van der Waals surface area contributed by atoms with Crippen molar-refractivity contribution in [3.8, 4) is 0 Å². The first-order chi connectivity index (χ1) is 8.93. The molecule has 0 aromatic rings. The molecule has 0 aromatic carbocycles. The minimum absolute atomic E-state index is 1.00. The van der Waals surface area contributed by atoms with Crippen molar-refractivity contribution in [2.24, 2.45) is 0 Å². The van der Waals surface area contributed by atoms with E-state index in [9.17, 15) is 0 Å². The predicted molar refractivity (Wildman–Crippen MR) is 95.6 cm³/mol. The Bertz CT molecular complexity index is 248. The average molecular weight is 298 g/mol. The summed E-state index contributed by atoms with van der Waals surface area (Å²) in [5, 5.41) is 0. The molecule has 1 nitrogen and oxygen atoms in total. The number of allylic oxidation sites excluding steroid dienone is 2. The van der Waals surface area contributed by atoms with Gasteiger partial charge in [0.15, 0.2) is 8.96 Å². The van der Waals surface area contributed by atoms with Crippen LogP contribution in [0.2, 0.25) is 19.6 Å². The highest BCUT2D eigenvalue weighted by molar-refractivity contribution is 6.86. The molecule has 0 rings (SSSR count). The van der Waals surface area contributed by atoms with Gasteiger partial charge in [-0.15, -0.1) is 0 Å². The molecule has 0 saturated carbocycles. The van der Waals surface area contributed by atoms with Crippen molar-refractivity contribution in [3.05, 3.63) is 23.6 Å². The molecule has 0 amide bonds. The topological polar surface area (TPSA) is 3.24 Å². The first-order valence-electron chi connectivity index (χ1n) is 7.99. The third-order valence-electron chi connectivity index (χ3n) is 3.62. The zero-order valence-corrected chi connectivity index (χ0v) is 16.2. The Labute approximate surface area is 124 Å². The summed E-state index contributed by atoms with van der Waals surface area (Å²) < 4.78 is 2.72. The molecular formula is C16H35NSi2. The van der Waals surface area contributed by atoms with Crippen LogP contribution >= 0.6 is 0 Å². The van der Waals surface area contributed by atoms with Gasteiger partial charge < -0.3 is 4.23 Å². The SMILES string of the molecule is CCCC/C=C/[SiH](/C=C/CCCC)N(C)[Si](C)(C)C. The molecule has 0 saturated heterocycles. The van der Waals surface area contributed by atoms with E-state index in [1.54, 1.807) is 0 Å². The molecule has 112 valence electrons. The lowest BCUT2D eigenvalue weighted by Gasteiger charge is -2.34. The summed E-state index contributed by atoms with van der Waals surface area (Å²) in [5.74, 6) is 0. The second-order valence-electron chi connectivity index (χ2n) is 6.41. The normalized spacial score (nSPS) is 13.5. The summed E-state index contributed by atoms with van der Waals surface area (Å²) in [6, 6.07) is 0. The standard InChI is InChI=1S/C16H35NSi2/c1-7-9-11-13-15-18(16-14-12-10-8-2)17(3)19(4,5)6/h13-16,18H,7-12H2,1-6H3/b15-13+,16-14+. The highest BCUT2D eigenvalue weighted by Gasteiger charge is 2.24. The summed E-state index contributed by atoms with van der Waals surface area (Å²) in [4.78, 5) is 0. The van der Waals surface area contributed by atoms with Crippen molar-refractivity contribution in [1.82, 2.24) is 4.23 Å². The summed E-state index contributed by atoms with van der Waals surface area (Å²) in [7, 11) is 0.172. The molecule has 0 fully saturated rings. The average Bonchev–Trinajstić information content (AvgIpc) is 2.35. The lowest BCUT2D eigenvalue weighted by molar-refractivity contribution is 0.787. The number of nitrogens with zero attached hydrogens (tertiary/aromatic N) is 1. The second kappa shape index (κ2) is 10.6. The molecule has 0 N–H and O–H groups in total. The fraction of sp³-hybridized carbons (Fsp3) is 0.750. The van der Waals surface area contributed by atoms with Crippen LogP contribution in [0.5, 0.6) is 0 Å². The fourth-order valence-electron chi connectivity index (χ4n) is 1.88. The van der Waals surface area contributed by atoms with E-state index in [2.05, 4.69) is 68.3 Å². The molecule has 0 atom stereocenters. The molecule has 0 aliphatic carbocycles. The molecule has 0 bridgehead atoms. The van der Waals surface area contributed by atoms with Gasteiger partial charge in [0.1, 0.15) is 8.24 Å². The number of unbranched alkanes of at least 4 members (excludes halogenated alkanes) is 4. The molecule has 3 heteroatoms. The highest BCUT2D eigenvalue weighted by Crippen LogP contribution is 2.11. The van der Waals surface area contributed by atoms with Crippen LogP contribution in [0.15, 0.2) is 23.6 Å². The summed E-state index contributed by atoms with van der Waals surface area (Å²) in [6.45, 7) is 11.9. The van der Waals surface area contributed by atoms with Crippen molar-refractivity contribution in [2.75, 3.05) is 7.05 Å². The summed E-state index contributed by atoms with van der Waals surface area (Å²) >= 11 is 0. The fourth-order valence-corrected chi connectivity index (χ4v) is 7.57. The third kappa shape index (κ3) is 9.41. The van der Waals surface area contributed by atoms with E-state index >= 15 is 0 Å². The maximum atomic E-state index is 2.72. The van der Waals surface area contributed by atoms with E-state index in [0.717, 1.165) is 0 Å². The Morgan fingerprint density at radius 3 is 1.63 bits per heavy atom. The van der Waals surface area contributed by atoms with Crippen LogP contribution < -0.4 is 0 Å². The molecule has 19 heavy (non-hydrogen) atoms. The molecule has 0 aromatic heterocycles. The third-order valence-corrected chi connectivity index (χ3v) is 11.2. The number of hydrogen-bond donors (Lipinski definition) is 0. The molecule has 0 aliphatic rings. The molecule has 0 heterocycles. The Hall–Kier alpha value is -0.126. The van der Waals surface area contributed by atoms with Gasteiger partial charge >= 0.3 is 0 Å². The second-order valence-corrected chi connectivity index (χ2v) is 14.5. The van der Waals surface area contributed by atoms with Gasteiger partial charge in [-0.25, -0.2) is 0 Å². The van der Waals surface area contributed by atoms with Crippen LogP contribution in [0.4, 0.5) is 0 Å². The van der Waals surface area contributed by atoms with Crippen LogP contribution in [0.3, 0.4) is 0 Å². The molecule has 0 spiro atoms. The predicted octanol–water partition coefficient (Wildman–Crippen LogP) is 5.05. The van der Waals surface area contributed by atoms with Crippen LogP contribution in [0.1, 0.15) is 52.4 Å².